The van der Waals surface area contributed by atoms with E-state index in [2.05, 4.69) is 5.32 Å². The van der Waals surface area contributed by atoms with Crippen molar-refractivity contribution in [1.82, 2.24) is 10.2 Å². The summed E-state index contributed by atoms with van der Waals surface area (Å²) in [6.45, 7) is 5.12. The van der Waals surface area contributed by atoms with E-state index in [0.29, 0.717) is 6.42 Å². The minimum Gasteiger partial charge on any atom is -0.389 e. The molecular formula is C15H22F2N2O2. The van der Waals surface area contributed by atoms with Crippen LogP contribution in [0.1, 0.15) is 38.8 Å². The lowest BCUT2D eigenvalue weighted by Gasteiger charge is -2.28. The molecule has 0 aliphatic rings. The van der Waals surface area contributed by atoms with Gasteiger partial charge in [0.25, 0.3) is 0 Å². The lowest BCUT2D eigenvalue weighted by Crippen LogP contribution is -2.45. The first-order valence-electron chi connectivity index (χ1n) is 6.83. The number of nitrogens with one attached hydrogen (secondary N) is 1. The molecule has 0 saturated carbocycles. The van der Waals surface area contributed by atoms with Crippen LogP contribution in [0.4, 0.5) is 13.6 Å². The highest BCUT2D eigenvalue weighted by Crippen LogP contribution is 2.21. The van der Waals surface area contributed by atoms with Gasteiger partial charge in [0.1, 0.15) is 11.6 Å². The van der Waals surface area contributed by atoms with Gasteiger partial charge in [-0.2, -0.15) is 0 Å². The standard InChI is InChI=1S/C15H22F2N2O2/c1-5-13(11-7-6-10(16)8-12(11)17)18-14(20)19(4)9-15(2,3)21/h6-8,13,21H,5,9H2,1-4H3,(H,18,20). The van der Waals surface area contributed by atoms with Crippen LogP contribution in [0, 0.1) is 11.6 Å². The fourth-order valence-corrected chi connectivity index (χ4v) is 2.10. The number of carbonyl (C=O) groups excluding carboxylic acids is 1. The fourth-order valence-electron chi connectivity index (χ4n) is 2.10. The van der Waals surface area contributed by atoms with Gasteiger partial charge in [-0.05, 0) is 26.3 Å². The highest BCUT2D eigenvalue weighted by molar-refractivity contribution is 5.74. The summed E-state index contributed by atoms with van der Waals surface area (Å²) in [6.07, 6.45) is 0.463. The fraction of sp³-hybridized carbons (Fsp3) is 0.533. The van der Waals surface area contributed by atoms with E-state index in [1.54, 1.807) is 27.8 Å². The zero-order valence-electron chi connectivity index (χ0n) is 12.8. The second-order valence-corrected chi connectivity index (χ2v) is 5.74. The second-order valence-electron chi connectivity index (χ2n) is 5.74. The quantitative estimate of drug-likeness (QED) is 0.878. The number of amides is 2. The highest BCUT2D eigenvalue weighted by Gasteiger charge is 2.22. The van der Waals surface area contributed by atoms with Gasteiger partial charge >= 0.3 is 6.03 Å². The lowest BCUT2D eigenvalue weighted by atomic mass is 10.0. The van der Waals surface area contributed by atoms with Crippen molar-refractivity contribution in [2.45, 2.75) is 38.8 Å². The van der Waals surface area contributed by atoms with Gasteiger partial charge in [0.05, 0.1) is 18.2 Å². The Kier molecular flexibility index (Phi) is 5.66. The number of halogens is 2. The van der Waals surface area contributed by atoms with Crippen LogP contribution < -0.4 is 5.32 Å². The first kappa shape index (κ1) is 17.4. The summed E-state index contributed by atoms with van der Waals surface area (Å²) in [6, 6.07) is 2.31. The van der Waals surface area contributed by atoms with E-state index >= 15 is 0 Å². The van der Waals surface area contributed by atoms with E-state index in [4.69, 9.17) is 0 Å². The number of hydrogen-bond donors (Lipinski definition) is 2. The Morgan fingerprint density at radius 1 is 1.43 bits per heavy atom. The van der Waals surface area contributed by atoms with Gasteiger partial charge in [-0.25, -0.2) is 13.6 Å². The number of carbonyl (C=O) groups is 1. The second kappa shape index (κ2) is 6.85. The number of benzene rings is 1. The van der Waals surface area contributed by atoms with Crippen LogP contribution in [0.25, 0.3) is 0 Å². The molecule has 0 heterocycles. The zero-order chi connectivity index (χ0) is 16.2. The minimum atomic E-state index is -1.02. The van der Waals surface area contributed by atoms with Crippen LogP contribution in [0.15, 0.2) is 18.2 Å². The van der Waals surface area contributed by atoms with Crippen molar-refractivity contribution in [3.05, 3.63) is 35.4 Å². The van der Waals surface area contributed by atoms with Crippen molar-refractivity contribution in [3.8, 4) is 0 Å². The largest absolute Gasteiger partial charge is 0.389 e. The first-order chi connectivity index (χ1) is 9.64. The molecule has 0 aliphatic carbocycles. The molecule has 6 heteroatoms. The molecule has 0 radical (unpaired) electrons. The van der Waals surface area contributed by atoms with Crippen LogP contribution in [0.2, 0.25) is 0 Å². The van der Waals surface area contributed by atoms with Gasteiger partial charge in [0.2, 0.25) is 0 Å². The van der Waals surface area contributed by atoms with Crippen molar-refractivity contribution in [2.75, 3.05) is 13.6 Å². The molecule has 2 amide bonds. The van der Waals surface area contributed by atoms with Crippen LogP contribution in [0.3, 0.4) is 0 Å². The molecule has 1 aromatic rings. The average molecular weight is 300 g/mol. The molecule has 1 rings (SSSR count). The number of nitrogens with zero attached hydrogens (tertiary/aromatic N) is 1. The number of aliphatic hydroxyl groups is 1. The SMILES string of the molecule is CCC(NC(=O)N(C)CC(C)(C)O)c1ccc(F)cc1F. The van der Waals surface area contributed by atoms with E-state index in [9.17, 15) is 18.7 Å². The monoisotopic (exact) mass is 300 g/mol. The van der Waals surface area contributed by atoms with Gasteiger partial charge < -0.3 is 15.3 Å². The summed E-state index contributed by atoms with van der Waals surface area (Å²) in [7, 11) is 1.54. The third-order valence-corrected chi connectivity index (χ3v) is 3.01. The first-order valence-corrected chi connectivity index (χ1v) is 6.83. The maximum atomic E-state index is 13.8. The van der Waals surface area contributed by atoms with Crippen molar-refractivity contribution in [2.24, 2.45) is 0 Å². The summed E-state index contributed by atoms with van der Waals surface area (Å²) >= 11 is 0. The van der Waals surface area contributed by atoms with E-state index < -0.39 is 29.3 Å². The van der Waals surface area contributed by atoms with Crippen molar-refractivity contribution in [1.29, 1.82) is 0 Å². The topological polar surface area (TPSA) is 52.6 Å². The molecule has 0 fully saturated rings. The van der Waals surface area contributed by atoms with Crippen molar-refractivity contribution < 1.29 is 18.7 Å². The van der Waals surface area contributed by atoms with Gasteiger partial charge in [-0.1, -0.05) is 13.0 Å². The third kappa shape index (κ3) is 5.30. The number of likely N-dealkylation sites (N-methyl/N-ethyl adjacent to an activating group) is 1. The molecule has 1 atom stereocenters. The van der Waals surface area contributed by atoms with Crippen LogP contribution in [0.5, 0.6) is 0 Å². The Labute approximate surface area is 123 Å². The molecule has 0 bridgehead atoms. The van der Waals surface area contributed by atoms with Gasteiger partial charge in [-0.15, -0.1) is 0 Å². The van der Waals surface area contributed by atoms with Crippen LogP contribution in [-0.4, -0.2) is 35.2 Å². The maximum Gasteiger partial charge on any atom is 0.317 e. The highest BCUT2D eigenvalue weighted by atomic mass is 19.1. The smallest absolute Gasteiger partial charge is 0.317 e. The molecule has 0 saturated heterocycles. The van der Waals surface area contributed by atoms with E-state index in [0.717, 1.165) is 12.1 Å². The average Bonchev–Trinajstić information content (AvgIpc) is 2.34. The Morgan fingerprint density at radius 3 is 2.52 bits per heavy atom. The van der Waals surface area contributed by atoms with Gasteiger partial charge in [0.15, 0.2) is 0 Å². The Morgan fingerprint density at radius 2 is 2.05 bits per heavy atom. The van der Waals surface area contributed by atoms with Gasteiger partial charge in [0, 0.05) is 18.7 Å². The molecule has 1 unspecified atom stereocenters. The summed E-state index contributed by atoms with van der Waals surface area (Å²) < 4.78 is 26.7. The Balaban J connectivity index is 2.80. The number of rotatable bonds is 5. The number of hydrogen-bond acceptors (Lipinski definition) is 2. The molecule has 1 aromatic carbocycles. The zero-order valence-corrected chi connectivity index (χ0v) is 12.8. The van der Waals surface area contributed by atoms with Crippen molar-refractivity contribution >= 4 is 6.03 Å². The molecule has 2 N–H and O–H groups in total. The summed E-state index contributed by atoms with van der Waals surface area (Å²) in [5.74, 6) is -1.34. The predicted octanol–water partition coefficient (Wildman–Crippen LogP) is 2.83. The molecule has 0 spiro atoms. The summed E-state index contributed by atoms with van der Waals surface area (Å²) in [4.78, 5) is 13.4. The normalized spacial score (nSPS) is 12.9. The molecule has 0 aromatic heterocycles. The molecular weight excluding hydrogens is 278 g/mol. The summed E-state index contributed by atoms with van der Waals surface area (Å²) in [5.41, 5.74) is -0.779. The molecule has 21 heavy (non-hydrogen) atoms. The Bertz CT molecular complexity index is 501. The van der Waals surface area contributed by atoms with Crippen LogP contribution >= 0.6 is 0 Å². The molecule has 118 valence electrons. The minimum absolute atomic E-state index is 0.140. The third-order valence-electron chi connectivity index (χ3n) is 3.01. The lowest BCUT2D eigenvalue weighted by molar-refractivity contribution is 0.0527. The van der Waals surface area contributed by atoms with E-state index in [1.807, 2.05) is 0 Å². The Hall–Kier alpha value is -1.69. The molecule has 4 nitrogen and oxygen atoms in total. The van der Waals surface area contributed by atoms with Gasteiger partial charge in [-0.3, -0.25) is 0 Å². The molecule has 0 aliphatic heterocycles. The predicted molar refractivity (Wildman–Crippen MR) is 76.8 cm³/mol. The maximum absolute atomic E-state index is 13.8. The number of urea groups is 1. The summed E-state index contributed by atoms with van der Waals surface area (Å²) in [5, 5.41) is 12.4. The van der Waals surface area contributed by atoms with E-state index in [1.165, 1.54) is 11.0 Å². The van der Waals surface area contributed by atoms with Crippen molar-refractivity contribution in [3.63, 3.8) is 0 Å². The van der Waals surface area contributed by atoms with E-state index in [-0.39, 0.29) is 12.1 Å². The van der Waals surface area contributed by atoms with Crippen LogP contribution in [-0.2, 0) is 0 Å².